The molecule has 1 fully saturated rings. The molecule has 1 atom stereocenters. The molecule has 1 aliphatic heterocycles. The van der Waals surface area contributed by atoms with Gasteiger partial charge in [-0.2, -0.15) is 5.10 Å². The summed E-state index contributed by atoms with van der Waals surface area (Å²) in [7, 11) is 1.63. The number of methoxy groups -OCH3 is 1. The van der Waals surface area contributed by atoms with Crippen molar-refractivity contribution in [2.75, 3.05) is 20.2 Å². The molecule has 0 unspecified atom stereocenters. The molecule has 166 valence electrons. The van der Waals surface area contributed by atoms with E-state index in [4.69, 9.17) is 4.74 Å². The van der Waals surface area contributed by atoms with Crippen molar-refractivity contribution in [1.29, 1.82) is 0 Å². The van der Waals surface area contributed by atoms with Gasteiger partial charge < -0.3 is 15.0 Å². The van der Waals surface area contributed by atoms with Gasteiger partial charge in [-0.25, -0.2) is 4.68 Å². The van der Waals surface area contributed by atoms with Gasteiger partial charge in [-0.1, -0.05) is 30.3 Å². The Hall–Kier alpha value is -3.61. The molecule has 0 aliphatic carbocycles. The highest BCUT2D eigenvalue weighted by Crippen LogP contribution is 2.31. The van der Waals surface area contributed by atoms with Crippen LogP contribution in [-0.2, 0) is 16.0 Å². The third-order valence-corrected chi connectivity index (χ3v) is 5.94. The average Bonchev–Trinajstić information content (AvgIpc) is 3.12. The van der Waals surface area contributed by atoms with Crippen molar-refractivity contribution in [1.82, 2.24) is 20.0 Å². The minimum absolute atomic E-state index is 0.0353. The van der Waals surface area contributed by atoms with Crippen molar-refractivity contribution in [3.05, 3.63) is 77.1 Å². The first kappa shape index (κ1) is 21.6. The average molecular weight is 433 g/mol. The SMILES string of the molecule is COc1ccc(CCC(=O)N2CCNC(=O)[C@@H]2c2c(C)nn(-c3ccccc3)c2C)cc1. The Morgan fingerprint density at radius 1 is 1.12 bits per heavy atom. The number of carbonyl (C=O) groups excluding carboxylic acids is 2. The maximum Gasteiger partial charge on any atom is 0.247 e. The Labute approximate surface area is 188 Å². The van der Waals surface area contributed by atoms with Gasteiger partial charge in [-0.05, 0) is 50.1 Å². The molecule has 0 bridgehead atoms. The number of amides is 2. The summed E-state index contributed by atoms with van der Waals surface area (Å²) < 4.78 is 7.03. The van der Waals surface area contributed by atoms with Gasteiger partial charge in [0, 0.05) is 30.8 Å². The molecule has 2 amide bonds. The van der Waals surface area contributed by atoms with Crippen LogP contribution in [0.25, 0.3) is 5.69 Å². The van der Waals surface area contributed by atoms with Gasteiger partial charge in [-0.15, -0.1) is 0 Å². The molecule has 1 aliphatic rings. The van der Waals surface area contributed by atoms with Crippen LogP contribution in [0.2, 0.25) is 0 Å². The fourth-order valence-corrected chi connectivity index (χ4v) is 4.28. The molecule has 2 heterocycles. The number of aryl methyl sites for hydroxylation is 2. The molecule has 0 radical (unpaired) electrons. The van der Waals surface area contributed by atoms with Crippen molar-refractivity contribution < 1.29 is 14.3 Å². The van der Waals surface area contributed by atoms with Gasteiger partial charge >= 0.3 is 0 Å². The summed E-state index contributed by atoms with van der Waals surface area (Å²) in [6.07, 6.45) is 0.940. The van der Waals surface area contributed by atoms with Crippen LogP contribution in [0, 0.1) is 13.8 Å². The molecular weight excluding hydrogens is 404 g/mol. The topological polar surface area (TPSA) is 76.5 Å². The summed E-state index contributed by atoms with van der Waals surface area (Å²) in [5.41, 5.74) is 4.39. The van der Waals surface area contributed by atoms with E-state index >= 15 is 0 Å². The van der Waals surface area contributed by atoms with Crippen molar-refractivity contribution in [2.45, 2.75) is 32.7 Å². The van der Waals surface area contributed by atoms with Gasteiger partial charge in [0.1, 0.15) is 11.8 Å². The normalized spacial score (nSPS) is 16.0. The molecular formula is C25H28N4O3. The third kappa shape index (κ3) is 4.23. The minimum atomic E-state index is -0.676. The van der Waals surface area contributed by atoms with E-state index in [2.05, 4.69) is 10.4 Å². The van der Waals surface area contributed by atoms with E-state index in [0.29, 0.717) is 25.9 Å². The fraction of sp³-hybridized carbons (Fsp3) is 0.320. The molecule has 32 heavy (non-hydrogen) atoms. The predicted molar refractivity (Wildman–Crippen MR) is 122 cm³/mol. The number of carbonyl (C=O) groups is 2. The molecule has 2 aromatic carbocycles. The lowest BCUT2D eigenvalue weighted by atomic mass is 9.99. The number of hydrogen-bond acceptors (Lipinski definition) is 4. The van der Waals surface area contributed by atoms with Crippen LogP contribution >= 0.6 is 0 Å². The number of aromatic nitrogens is 2. The van der Waals surface area contributed by atoms with Crippen LogP contribution in [0.4, 0.5) is 0 Å². The van der Waals surface area contributed by atoms with Crippen LogP contribution in [0.3, 0.4) is 0 Å². The number of para-hydroxylation sites is 1. The van der Waals surface area contributed by atoms with Crippen molar-refractivity contribution in [2.24, 2.45) is 0 Å². The first-order valence-corrected chi connectivity index (χ1v) is 10.8. The van der Waals surface area contributed by atoms with E-state index in [0.717, 1.165) is 34.0 Å². The summed E-state index contributed by atoms with van der Waals surface area (Å²) in [6.45, 7) is 4.77. The van der Waals surface area contributed by atoms with Crippen molar-refractivity contribution >= 4 is 11.8 Å². The Bertz CT molecular complexity index is 1110. The number of rotatable bonds is 6. The monoisotopic (exact) mass is 432 g/mol. The fourth-order valence-electron chi connectivity index (χ4n) is 4.28. The summed E-state index contributed by atoms with van der Waals surface area (Å²) >= 11 is 0. The number of piperazine rings is 1. The first-order chi connectivity index (χ1) is 15.5. The molecule has 0 saturated carbocycles. The second kappa shape index (κ2) is 9.26. The second-order valence-corrected chi connectivity index (χ2v) is 7.96. The maximum absolute atomic E-state index is 13.2. The van der Waals surface area contributed by atoms with Gasteiger partial charge in [-0.3, -0.25) is 9.59 Å². The van der Waals surface area contributed by atoms with Gasteiger partial charge in [0.25, 0.3) is 0 Å². The van der Waals surface area contributed by atoms with Crippen LogP contribution in [0.1, 0.15) is 35.0 Å². The number of hydrogen-bond donors (Lipinski definition) is 1. The van der Waals surface area contributed by atoms with Gasteiger partial charge in [0.2, 0.25) is 11.8 Å². The smallest absolute Gasteiger partial charge is 0.247 e. The second-order valence-electron chi connectivity index (χ2n) is 7.96. The quantitative estimate of drug-likeness (QED) is 0.649. The molecule has 3 aromatic rings. The van der Waals surface area contributed by atoms with Crippen molar-refractivity contribution in [3.8, 4) is 11.4 Å². The van der Waals surface area contributed by atoms with E-state index < -0.39 is 6.04 Å². The van der Waals surface area contributed by atoms with E-state index in [9.17, 15) is 9.59 Å². The number of nitrogens with one attached hydrogen (secondary N) is 1. The molecule has 4 rings (SSSR count). The van der Waals surface area contributed by atoms with E-state index in [1.807, 2.05) is 73.1 Å². The zero-order chi connectivity index (χ0) is 22.7. The highest BCUT2D eigenvalue weighted by molar-refractivity contribution is 5.90. The molecule has 1 aromatic heterocycles. The summed E-state index contributed by atoms with van der Waals surface area (Å²) in [5, 5.41) is 7.60. The molecule has 0 spiro atoms. The summed E-state index contributed by atoms with van der Waals surface area (Å²) in [6, 6.07) is 16.8. The Balaban J connectivity index is 1.58. The largest absolute Gasteiger partial charge is 0.497 e. The maximum atomic E-state index is 13.2. The van der Waals surface area contributed by atoms with Crippen molar-refractivity contribution in [3.63, 3.8) is 0 Å². The third-order valence-electron chi connectivity index (χ3n) is 5.94. The Morgan fingerprint density at radius 3 is 2.53 bits per heavy atom. The summed E-state index contributed by atoms with van der Waals surface area (Å²) in [5.74, 6) is 0.592. The van der Waals surface area contributed by atoms with E-state index in [1.165, 1.54) is 0 Å². The van der Waals surface area contributed by atoms with Gasteiger partial charge in [0.15, 0.2) is 0 Å². The zero-order valence-corrected chi connectivity index (χ0v) is 18.7. The highest BCUT2D eigenvalue weighted by atomic mass is 16.5. The minimum Gasteiger partial charge on any atom is -0.497 e. The molecule has 7 heteroatoms. The number of nitrogens with zero attached hydrogens (tertiary/aromatic N) is 3. The Morgan fingerprint density at radius 2 is 1.84 bits per heavy atom. The van der Waals surface area contributed by atoms with E-state index in [1.54, 1.807) is 12.0 Å². The lowest BCUT2D eigenvalue weighted by Crippen LogP contribution is -2.52. The zero-order valence-electron chi connectivity index (χ0n) is 18.7. The molecule has 1 N–H and O–H groups in total. The van der Waals surface area contributed by atoms with Gasteiger partial charge in [0.05, 0.1) is 18.5 Å². The molecule has 7 nitrogen and oxygen atoms in total. The van der Waals surface area contributed by atoms with Crippen LogP contribution in [-0.4, -0.2) is 46.7 Å². The lowest BCUT2D eigenvalue weighted by Gasteiger charge is -2.35. The highest BCUT2D eigenvalue weighted by Gasteiger charge is 2.37. The molecule has 1 saturated heterocycles. The van der Waals surface area contributed by atoms with E-state index in [-0.39, 0.29) is 11.8 Å². The predicted octanol–water partition coefficient (Wildman–Crippen LogP) is 3.13. The number of ether oxygens (including phenoxy) is 1. The number of benzene rings is 2. The standard InChI is InChI=1S/C25H28N4O3/c1-17-23(18(2)29(27-17)20-7-5-4-6-8-20)24-25(31)26-15-16-28(24)22(30)14-11-19-9-12-21(32-3)13-10-19/h4-10,12-13,24H,11,14-16H2,1-3H3,(H,26,31)/t24-/m0/s1. The lowest BCUT2D eigenvalue weighted by molar-refractivity contribution is -0.143. The first-order valence-electron chi connectivity index (χ1n) is 10.8. The van der Waals surface area contributed by atoms with Crippen LogP contribution in [0.5, 0.6) is 5.75 Å². The van der Waals surface area contributed by atoms with Crippen LogP contribution < -0.4 is 10.1 Å². The Kier molecular flexibility index (Phi) is 6.25. The summed E-state index contributed by atoms with van der Waals surface area (Å²) in [4.78, 5) is 27.9. The van der Waals surface area contributed by atoms with Crippen LogP contribution in [0.15, 0.2) is 54.6 Å².